The number of amides is 2. The first kappa shape index (κ1) is 21.4. The molecule has 1 aliphatic rings. The Kier molecular flexibility index (Phi) is 6.11. The molecule has 2 amide bonds. The summed E-state index contributed by atoms with van der Waals surface area (Å²) in [6.07, 6.45) is 2.18. The lowest BCUT2D eigenvalue weighted by Gasteiger charge is -2.17. The van der Waals surface area contributed by atoms with Gasteiger partial charge in [-0.1, -0.05) is 18.2 Å². The highest BCUT2D eigenvalue weighted by molar-refractivity contribution is 5.95. The summed E-state index contributed by atoms with van der Waals surface area (Å²) in [7, 11) is 0. The van der Waals surface area contributed by atoms with E-state index in [0.717, 1.165) is 6.42 Å². The van der Waals surface area contributed by atoms with Crippen molar-refractivity contribution in [3.63, 3.8) is 0 Å². The highest BCUT2D eigenvalue weighted by atomic mass is 19.1. The summed E-state index contributed by atoms with van der Waals surface area (Å²) in [6.45, 7) is 3.00. The second-order valence-corrected chi connectivity index (χ2v) is 7.77. The van der Waals surface area contributed by atoms with E-state index in [-0.39, 0.29) is 24.2 Å². The zero-order valence-corrected chi connectivity index (χ0v) is 17.6. The van der Waals surface area contributed by atoms with Gasteiger partial charge in [0.2, 0.25) is 0 Å². The number of halogens is 1. The predicted molar refractivity (Wildman–Crippen MR) is 116 cm³/mol. The van der Waals surface area contributed by atoms with Gasteiger partial charge in [-0.15, -0.1) is 0 Å². The number of hydrogen-bond acceptors (Lipinski definition) is 5. The highest BCUT2D eigenvalue weighted by Crippen LogP contribution is 2.27. The Bertz CT molecular complexity index is 1170. The number of hydrogen-bond donors (Lipinski definition) is 1. The molecule has 4 rings (SSSR count). The van der Waals surface area contributed by atoms with Crippen LogP contribution in [0, 0.1) is 12.7 Å². The average Bonchev–Trinajstić information content (AvgIpc) is 3.27. The fourth-order valence-corrected chi connectivity index (χ4v) is 3.77. The zero-order chi connectivity index (χ0) is 22.7. The Balaban J connectivity index is 1.41. The molecular weight excluding hydrogens is 411 g/mol. The van der Waals surface area contributed by atoms with Gasteiger partial charge < -0.3 is 15.4 Å². The van der Waals surface area contributed by atoms with Crippen LogP contribution in [-0.2, 0) is 6.61 Å². The fraction of sp³-hybridized carbons (Fsp3) is 0.250. The van der Waals surface area contributed by atoms with E-state index in [1.165, 1.54) is 18.3 Å². The fourth-order valence-electron chi connectivity index (χ4n) is 3.77. The van der Waals surface area contributed by atoms with Crippen molar-refractivity contribution in [2.45, 2.75) is 25.9 Å². The Labute approximate surface area is 185 Å². The zero-order valence-electron chi connectivity index (χ0n) is 17.6. The summed E-state index contributed by atoms with van der Waals surface area (Å²) >= 11 is 0. The van der Waals surface area contributed by atoms with Crippen molar-refractivity contribution in [1.29, 1.82) is 0 Å². The number of rotatable bonds is 6. The van der Waals surface area contributed by atoms with Crippen LogP contribution in [0.25, 0.3) is 0 Å². The Morgan fingerprint density at radius 2 is 2.03 bits per heavy atom. The third-order valence-corrected chi connectivity index (χ3v) is 5.48. The average molecular weight is 434 g/mol. The second kappa shape index (κ2) is 9.13. The molecule has 2 heterocycles. The molecule has 32 heavy (non-hydrogen) atoms. The molecule has 1 aliphatic heterocycles. The van der Waals surface area contributed by atoms with E-state index < -0.39 is 5.91 Å². The number of nitrogens with two attached hydrogens (primary N) is 1. The summed E-state index contributed by atoms with van der Waals surface area (Å²) in [5, 5.41) is 0. The smallest absolute Gasteiger partial charge is 0.254 e. The van der Waals surface area contributed by atoms with Gasteiger partial charge in [0.05, 0.1) is 11.3 Å². The minimum Gasteiger partial charge on any atom is -0.489 e. The molecule has 3 aromatic rings. The number of carbonyl (C=O) groups excluding carboxylic acids is 2. The molecule has 1 saturated heterocycles. The van der Waals surface area contributed by atoms with Crippen molar-refractivity contribution in [2.75, 3.05) is 13.1 Å². The standard InChI is InChI=1S/C24H23FN4O3/c1-15-21(22(26)30)12-27-23(28-15)18-8-9-29(13-18)24(31)17-5-3-7-20(11-17)32-14-16-4-2-6-19(25)10-16/h2-7,10-12,18H,8-9,13-14H2,1H3,(H2,26,30). The van der Waals surface area contributed by atoms with Crippen LogP contribution in [0.1, 0.15) is 50.1 Å². The van der Waals surface area contributed by atoms with Crippen molar-refractivity contribution < 1.29 is 18.7 Å². The molecule has 7 nitrogen and oxygen atoms in total. The van der Waals surface area contributed by atoms with E-state index in [9.17, 15) is 14.0 Å². The molecule has 0 aliphatic carbocycles. The number of aromatic nitrogens is 2. The van der Waals surface area contributed by atoms with Gasteiger partial charge in [-0.25, -0.2) is 14.4 Å². The van der Waals surface area contributed by atoms with Gasteiger partial charge in [-0.3, -0.25) is 9.59 Å². The van der Waals surface area contributed by atoms with Gasteiger partial charge in [0.1, 0.15) is 24.0 Å². The first-order valence-corrected chi connectivity index (χ1v) is 10.3. The van der Waals surface area contributed by atoms with E-state index in [1.54, 1.807) is 48.2 Å². The first-order valence-electron chi connectivity index (χ1n) is 10.3. The molecule has 1 fully saturated rings. The summed E-state index contributed by atoms with van der Waals surface area (Å²) in [6, 6.07) is 13.2. The molecule has 2 aromatic carbocycles. The van der Waals surface area contributed by atoms with E-state index in [4.69, 9.17) is 10.5 Å². The second-order valence-electron chi connectivity index (χ2n) is 7.77. The number of carbonyl (C=O) groups is 2. The third-order valence-electron chi connectivity index (χ3n) is 5.48. The molecule has 8 heteroatoms. The molecule has 0 spiro atoms. The SMILES string of the molecule is Cc1nc(C2CCN(C(=O)c3cccc(OCc4cccc(F)c4)c3)C2)ncc1C(N)=O. The van der Waals surface area contributed by atoms with Crippen molar-refractivity contribution in [2.24, 2.45) is 5.73 Å². The molecule has 0 bridgehead atoms. The Morgan fingerprint density at radius 1 is 1.22 bits per heavy atom. The topological polar surface area (TPSA) is 98.4 Å². The van der Waals surface area contributed by atoms with Crippen LogP contribution >= 0.6 is 0 Å². The minimum atomic E-state index is -0.559. The van der Waals surface area contributed by atoms with Crippen LogP contribution in [0.15, 0.2) is 54.7 Å². The number of ether oxygens (including phenoxy) is 1. The van der Waals surface area contributed by atoms with Crippen LogP contribution in [0.5, 0.6) is 5.75 Å². The molecule has 164 valence electrons. The Hall–Kier alpha value is -3.81. The quantitative estimate of drug-likeness (QED) is 0.642. The maximum absolute atomic E-state index is 13.3. The van der Waals surface area contributed by atoms with Gasteiger partial charge in [0.25, 0.3) is 11.8 Å². The van der Waals surface area contributed by atoms with Gasteiger partial charge in [0, 0.05) is 30.8 Å². The highest BCUT2D eigenvalue weighted by Gasteiger charge is 2.30. The third kappa shape index (κ3) is 4.74. The molecule has 2 N–H and O–H groups in total. The Morgan fingerprint density at radius 3 is 2.78 bits per heavy atom. The van der Waals surface area contributed by atoms with Crippen LogP contribution in [-0.4, -0.2) is 39.8 Å². The van der Waals surface area contributed by atoms with Gasteiger partial charge in [-0.05, 0) is 49.2 Å². The van der Waals surface area contributed by atoms with Crippen molar-refractivity contribution in [1.82, 2.24) is 14.9 Å². The summed E-state index contributed by atoms with van der Waals surface area (Å²) in [5.41, 5.74) is 7.38. The molecule has 0 saturated carbocycles. The number of nitrogens with zero attached hydrogens (tertiary/aromatic N) is 3. The lowest BCUT2D eigenvalue weighted by Crippen LogP contribution is -2.28. The molecule has 1 atom stereocenters. The monoisotopic (exact) mass is 434 g/mol. The van der Waals surface area contributed by atoms with Crippen molar-refractivity contribution >= 4 is 11.8 Å². The van der Waals surface area contributed by atoms with Crippen LogP contribution in [0.3, 0.4) is 0 Å². The summed E-state index contributed by atoms with van der Waals surface area (Å²) in [5.74, 6) is 0.159. The number of benzene rings is 2. The predicted octanol–water partition coefficient (Wildman–Crippen LogP) is 3.23. The van der Waals surface area contributed by atoms with Gasteiger partial charge >= 0.3 is 0 Å². The maximum Gasteiger partial charge on any atom is 0.254 e. The van der Waals surface area contributed by atoms with Crippen LogP contribution in [0.2, 0.25) is 0 Å². The van der Waals surface area contributed by atoms with Gasteiger partial charge in [-0.2, -0.15) is 0 Å². The van der Waals surface area contributed by atoms with E-state index in [2.05, 4.69) is 9.97 Å². The van der Waals surface area contributed by atoms with Gasteiger partial charge in [0.15, 0.2) is 0 Å². The number of primary amides is 1. The van der Waals surface area contributed by atoms with E-state index in [0.29, 0.717) is 47.0 Å². The lowest BCUT2D eigenvalue weighted by atomic mass is 10.1. The molecular formula is C24H23FN4O3. The van der Waals surface area contributed by atoms with Crippen molar-refractivity contribution in [3.05, 3.63) is 88.8 Å². The lowest BCUT2D eigenvalue weighted by molar-refractivity contribution is 0.0790. The number of likely N-dealkylation sites (tertiary alicyclic amines) is 1. The molecule has 1 unspecified atom stereocenters. The minimum absolute atomic E-state index is 0.00742. The molecule has 0 radical (unpaired) electrons. The number of aryl methyl sites for hydroxylation is 1. The first-order chi connectivity index (χ1) is 15.4. The maximum atomic E-state index is 13.3. The summed E-state index contributed by atoms with van der Waals surface area (Å²) in [4.78, 5) is 34.9. The normalized spacial score (nSPS) is 15.6. The van der Waals surface area contributed by atoms with Crippen LogP contribution < -0.4 is 10.5 Å². The largest absolute Gasteiger partial charge is 0.489 e. The van der Waals surface area contributed by atoms with Crippen LogP contribution in [0.4, 0.5) is 4.39 Å². The van der Waals surface area contributed by atoms with E-state index >= 15 is 0 Å². The van der Waals surface area contributed by atoms with E-state index in [1.807, 2.05) is 0 Å². The summed E-state index contributed by atoms with van der Waals surface area (Å²) < 4.78 is 19.1. The van der Waals surface area contributed by atoms with Crippen molar-refractivity contribution in [3.8, 4) is 5.75 Å². The molecule has 1 aromatic heterocycles.